The van der Waals surface area contributed by atoms with Gasteiger partial charge in [-0.05, 0) is 32.0 Å². The summed E-state index contributed by atoms with van der Waals surface area (Å²) in [7, 11) is 0. The number of aromatic nitrogens is 1. The molecule has 4 heteroatoms. The van der Waals surface area contributed by atoms with Crippen LogP contribution in [0.15, 0.2) is 30.5 Å². The van der Waals surface area contributed by atoms with E-state index in [0.29, 0.717) is 11.6 Å². The van der Waals surface area contributed by atoms with Crippen LogP contribution in [0.3, 0.4) is 0 Å². The molecule has 0 amide bonds. The van der Waals surface area contributed by atoms with Crippen molar-refractivity contribution >= 4 is 28.5 Å². The summed E-state index contributed by atoms with van der Waals surface area (Å²) in [5.41, 5.74) is 0.943. The molecule has 0 aliphatic carbocycles. The second kappa shape index (κ2) is 4.80. The Morgan fingerprint density at radius 2 is 2.24 bits per heavy atom. The van der Waals surface area contributed by atoms with Crippen molar-refractivity contribution in [3.63, 3.8) is 0 Å². The summed E-state index contributed by atoms with van der Waals surface area (Å²) in [5.74, 6) is -0.232. The minimum Gasteiger partial charge on any atom is -0.464 e. The zero-order valence-electron chi connectivity index (χ0n) is 9.81. The second-order valence-corrected chi connectivity index (χ2v) is 4.23. The fourth-order valence-corrected chi connectivity index (χ4v) is 2.10. The lowest BCUT2D eigenvalue weighted by atomic mass is 10.2. The van der Waals surface area contributed by atoms with Gasteiger partial charge in [0.15, 0.2) is 0 Å². The molecule has 1 unspecified atom stereocenters. The Hall–Kier alpha value is -1.48. The Kier molecular flexibility index (Phi) is 3.38. The van der Waals surface area contributed by atoms with E-state index in [1.807, 2.05) is 42.0 Å². The van der Waals surface area contributed by atoms with Gasteiger partial charge in [-0.3, -0.25) is 0 Å². The molecule has 0 aliphatic rings. The number of fused-ring (bicyclic) bond motifs is 1. The molecule has 1 aromatic heterocycles. The lowest BCUT2D eigenvalue weighted by Gasteiger charge is -2.13. The van der Waals surface area contributed by atoms with Crippen LogP contribution in [-0.2, 0) is 9.53 Å². The Bertz CT molecular complexity index is 547. The van der Waals surface area contributed by atoms with Crippen LogP contribution in [0.2, 0.25) is 5.02 Å². The predicted molar refractivity (Wildman–Crippen MR) is 68.3 cm³/mol. The van der Waals surface area contributed by atoms with Crippen LogP contribution in [0.25, 0.3) is 10.9 Å². The summed E-state index contributed by atoms with van der Waals surface area (Å²) in [6.07, 6.45) is 1.86. The van der Waals surface area contributed by atoms with Crippen LogP contribution in [0.1, 0.15) is 19.9 Å². The number of esters is 1. The fraction of sp³-hybridized carbons (Fsp3) is 0.308. The van der Waals surface area contributed by atoms with Gasteiger partial charge in [-0.2, -0.15) is 0 Å². The van der Waals surface area contributed by atoms with E-state index in [2.05, 4.69) is 0 Å². The van der Waals surface area contributed by atoms with Gasteiger partial charge in [-0.1, -0.05) is 17.7 Å². The zero-order chi connectivity index (χ0) is 12.4. The van der Waals surface area contributed by atoms with E-state index < -0.39 is 0 Å². The Morgan fingerprint density at radius 3 is 2.94 bits per heavy atom. The maximum atomic E-state index is 11.7. The van der Waals surface area contributed by atoms with Crippen molar-refractivity contribution in [2.75, 3.05) is 6.61 Å². The molecular weight excluding hydrogens is 238 g/mol. The molecule has 1 aromatic carbocycles. The van der Waals surface area contributed by atoms with Crippen molar-refractivity contribution in [3.8, 4) is 0 Å². The first-order valence-corrected chi connectivity index (χ1v) is 5.94. The standard InChI is InChI=1S/C13H14ClNO2/c1-3-17-13(16)9(2)15-8-7-10-11(14)5-4-6-12(10)15/h4-9H,3H2,1-2H3. The second-order valence-electron chi connectivity index (χ2n) is 3.82. The van der Waals surface area contributed by atoms with Crippen molar-refractivity contribution in [1.29, 1.82) is 0 Å². The van der Waals surface area contributed by atoms with Gasteiger partial charge in [-0.25, -0.2) is 4.79 Å². The Labute approximate surface area is 105 Å². The van der Waals surface area contributed by atoms with E-state index in [-0.39, 0.29) is 12.0 Å². The molecule has 0 bridgehead atoms. The summed E-state index contributed by atoms with van der Waals surface area (Å²) in [6, 6.07) is 7.22. The minimum atomic E-state index is -0.342. The quantitative estimate of drug-likeness (QED) is 0.783. The van der Waals surface area contributed by atoms with Crippen LogP contribution in [0.5, 0.6) is 0 Å². The summed E-state index contributed by atoms with van der Waals surface area (Å²) in [4.78, 5) is 11.7. The van der Waals surface area contributed by atoms with Gasteiger partial charge < -0.3 is 9.30 Å². The van der Waals surface area contributed by atoms with Crippen LogP contribution in [0.4, 0.5) is 0 Å². The third kappa shape index (κ3) is 2.15. The number of halogens is 1. The van der Waals surface area contributed by atoms with Gasteiger partial charge in [0.2, 0.25) is 0 Å². The highest BCUT2D eigenvalue weighted by atomic mass is 35.5. The van der Waals surface area contributed by atoms with Gasteiger partial charge >= 0.3 is 5.97 Å². The van der Waals surface area contributed by atoms with Crippen molar-refractivity contribution in [1.82, 2.24) is 4.57 Å². The molecule has 0 saturated heterocycles. The first-order valence-electron chi connectivity index (χ1n) is 5.57. The lowest BCUT2D eigenvalue weighted by molar-refractivity contribution is -0.146. The normalized spacial score (nSPS) is 12.6. The SMILES string of the molecule is CCOC(=O)C(C)n1ccc2c(Cl)cccc21. The van der Waals surface area contributed by atoms with Crippen LogP contribution >= 0.6 is 11.6 Å². The summed E-state index contributed by atoms with van der Waals surface area (Å²) in [5, 5.41) is 1.64. The van der Waals surface area contributed by atoms with Crippen LogP contribution in [-0.4, -0.2) is 17.1 Å². The molecule has 1 atom stereocenters. The molecule has 0 aliphatic heterocycles. The highest BCUT2D eigenvalue weighted by molar-refractivity contribution is 6.35. The molecule has 90 valence electrons. The molecule has 0 radical (unpaired) electrons. The molecular formula is C13H14ClNO2. The number of hydrogen-bond acceptors (Lipinski definition) is 2. The third-order valence-electron chi connectivity index (χ3n) is 2.75. The largest absolute Gasteiger partial charge is 0.464 e. The average molecular weight is 252 g/mol. The number of nitrogens with zero attached hydrogens (tertiary/aromatic N) is 1. The number of rotatable bonds is 3. The van der Waals surface area contributed by atoms with Crippen molar-refractivity contribution in [3.05, 3.63) is 35.5 Å². The van der Waals surface area contributed by atoms with Gasteiger partial charge in [0, 0.05) is 16.6 Å². The molecule has 1 heterocycles. The lowest BCUT2D eigenvalue weighted by Crippen LogP contribution is -2.18. The van der Waals surface area contributed by atoms with Gasteiger partial charge in [0.25, 0.3) is 0 Å². The third-order valence-corrected chi connectivity index (χ3v) is 3.08. The Balaban J connectivity index is 2.42. The molecule has 0 fully saturated rings. The highest BCUT2D eigenvalue weighted by Gasteiger charge is 2.17. The van der Waals surface area contributed by atoms with Crippen molar-refractivity contribution in [2.45, 2.75) is 19.9 Å². The molecule has 17 heavy (non-hydrogen) atoms. The molecule has 2 aromatic rings. The topological polar surface area (TPSA) is 31.2 Å². The highest BCUT2D eigenvalue weighted by Crippen LogP contribution is 2.26. The van der Waals surface area contributed by atoms with Gasteiger partial charge in [0.05, 0.1) is 12.1 Å². The molecule has 3 nitrogen and oxygen atoms in total. The van der Waals surface area contributed by atoms with Gasteiger partial charge in [0.1, 0.15) is 6.04 Å². The van der Waals surface area contributed by atoms with Crippen molar-refractivity contribution < 1.29 is 9.53 Å². The van der Waals surface area contributed by atoms with E-state index in [0.717, 1.165) is 10.9 Å². The maximum absolute atomic E-state index is 11.7. The van der Waals surface area contributed by atoms with Crippen LogP contribution < -0.4 is 0 Å². The summed E-state index contributed by atoms with van der Waals surface area (Å²) >= 11 is 6.09. The first kappa shape index (κ1) is 12.0. The fourth-order valence-electron chi connectivity index (χ4n) is 1.87. The Morgan fingerprint density at radius 1 is 1.47 bits per heavy atom. The summed E-state index contributed by atoms with van der Waals surface area (Å²) < 4.78 is 6.89. The van der Waals surface area contributed by atoms with E-state index in [9.17, 15) is 4.79 Å². The van der Waals surface area contributed by atoms with Gasteiger partial charge in [-0.15, -0.1) is 0 Å². The number of hydrogen-bond donors (Lipinski definition) is 0. The first-order chi connectivity index (χ1) is 8.15. The average Bonchev–Trinajstić information content (AvgIpc) is 2.73. The zero-order valence-corrected chi connectivity index (χ0v) is 10.6. The van der Waals surface area contributed by atoms with Crippen LogP contribution in [0, 0.1) is 0 Å². The number of benzene rings is 1. The molecule has 2 rings (SSSR count). The minimum absolute atomic E-state index is 0.232. The van der Waals surface area contributed by atoms with Crippen molar-refractivity contribution in [2.24, 2.45) is 0 Å². The monoisotopic (exact) mass is 251 g/mol. The van der Waals surface area contributed by atoms with E-state index in [1.165, 1.54) is 0 Å². The smallest absolute Gasteiger partial charge is 0.328 e. The molecule has 0 spiro atoms. The predicted octanol–water partition coefficient (Wildman–Crippen LogP) is 3.42. The van der Waals surface area contributed by atoms with E-state index >= 15 is 0 Å². The molecule has 0 N–H and O–H groups in total. The maximum Gasteiger partial charge on any atom is 0.328 e. The van der Waals surface area contributed by atoms with E-state index in [4.69, 9.17) is 16.3 Å². The summed E-state index contributed by atoms with van der Waals surface area (Å²) in [6.45, 7) is 4.01. The number of carbonyl (C=O) groups excluding carboxylic acids is 1. The van der Waals surface area contributed by atoms with E-state index in [1.54, 1.807) is 6.92 Å². The molecule has 0 saturated carbocycles. The number of carbonyl (C=O) groups is 1. The number of ether oxygens (including phenoxy) is 1.